The van der Waals surface area contributed by atoms with Crippen LogP contribution in [0.5, 0.6) is 5.75 Å². The van der Waals surface area contributed by atoms with Crippen molar-refractivity contribution in [1.29, 1.82) is 0 Å². The number of halogens is 3. The predicted molar refractivity (Wildman–Crippen MR) is 71.5 cm³/mol. The Kier molecular flexibility index (Phi) is 4.42. The van der Waals surface area contributed by atoms with Crippen molar-refractivity contribution in [1.82, 2.24) is 5.32 Å². The summed E-state index contributed by atoms with van der Waals surface area (Å²) in [6.45, 7) is 3.83. The van der Waals surface area contributed by atoms with Gasteiger partial charge in [0, 0.05) is 0 Å². The summed E-state index contributed by atoms with van der Waals surface area (Å²) in [4.78, 5) is 0. The number of nitrogens with one attached hydrogen (secondary N) is 1. The van der Waals surface area contributed by atoms with Gasteiger partial charge in [-0.2, -0.15) is 13.2 Å². The Hall–Kier alpha value is -1.43. The highest BCUT2D eigenvalue weighted by Gasteiger charge is 2.31. The van der Waals surface area contributed by atoms with E-state index in [4.69, 9.17) is 10.5 Å². The number of hydrogen-bond donors (Lipinski definition) is 2. The fraction of sp³-hybridized carbons (Fsp3) is 0.571. The molecule has 2 rings (SSSR count). The van der Waals surface area contributed by atoms with Crippen LogP contribution in [0.3, 0.4) is 0 Å². The molecule has 0 spiro atoms. The number of nitrogen functional groups attached to an aromatic ring is 1. The lowest BCUT2D eigenvalue weighted by Crippen LogP contribution is -2.35. The van der Waals surface area contributed by atoms with Crippen molar-refractivity contribution in [3.05, 3.63) is 23.8 Å². The second kappa shape index (κ2) is 5.91. The van der Waals surface area contributed by atoms with Crippen LogP contribution in [0.25, 0.3) is 0 Å². The van der Waals surface area contributed by atoms with Crippen LogP contribution in [0.15, 0.2) is 18.2 Å². The molecule has 3 N–H and O–H groups in total. The molecule has 1 aromatic rings. The second-order valence-corrected chi connectivity index (χ2v) is 5.16. The van der Waals surface area contributed by atoms with Crippen LogP contribution in [-0.4, -0.2) is 19.2 Å². The van der Waals surface area contributed by atoms with E-state index in [-0.39, 0.29) is 11.8 Å². The van der Waals surface area contributed by atoms with Crippen molar-refractivity contribution in [2.75, 3.05) is 18.8 Å². The van der Waals surface area contributed by atoms with Crippen LogP contribution in [-0.2, 0) is 6.18 Å². The van der Waals surface area contributed by atoms with Crippen LogP contribution in [0.4, 0.5) is 18.9 Å². The van der Waals surface area contributed by atoms with Crippen molar-refractivity contribution < 1.29 is 17.9 Å². The summed E-state index contributed by atoms with van der Waals surface area (Å²) in [5.41, 5.74) is 4.93. The predicted octanol–water partition coefficient (Wildman–Crippen LogP) is 3.05. The molecule has 1 atom stereocenters. The Labute approximate surface area is 116 Å². The molecular weight excluding hydrogens is 269 g/mol. The fourth-order valence-electron chi connectivity index (χ4n) is 2.44. The lowest BCUT2D eigenvalue weighted by Gasteiger charge is -2.29. The summed E-state index contributed by atoms with van der Waals surface area (Å²) in [7, 11) is 0. The van der Waals surface area contributed by atoms with Gasteiger partial charge in [0.15, 0.2) is 0 Å². The average Bonchev–Trinajstić information content (AvgIpc) is 2.41. The number of ether oxygens (including phenoxy) is 1. The molecule has 1 unspecified atom stereocenters. The van der Waals surface area contributed by atoms with Gasteiger partial charge >= 0.3 is 6.18 Å². The fourth-order valence-corrected chi connectivity index (χ4v) is 2.44. The van der Waals surface area contributed by atoms with Crippen molar-refractivity contribution in [3.8, 4) is 5.75 Å². The van der Waals surface area contributed by atoms with Crippen LogP contribution in [0.2, 0.25) is 0 Å². The Morgan fingerprint density at radius 1 is 1.30 bits per heavy atom. The molecule has 1 saturated heterocycles. The minimum atomic E-state index is -4.38. The first kappa shape index (κ1) is 15.0. The van der Waals surface area contributed by atoms with E-state index < -0.39 is 11.7 Å². The largest absolute Gasteiger partial charge is 0.488 e. The van der Waals surface area contributed by atoms with Crippen LogP contribution in [0.1, 0.15) is 25.3 Å². The third-order valence-corrected chi connectivity index (χ3v) is 3.70. The lowest BCUT2D eigenvalue weighted by molar-refractivity contribution is -0.137. The molecular formula is C14H19F3N2O. The van der Waals surface area contributed by atoms with Crippen molar-refractivity contribution in [2.45, 2.75) is 32.0 Å². The van der Waals surface area contributed by atoms with Gasteiger partial charge < -0.3 is 15.8 Å². The normalized spacial score (nSPS) is 18.8. The molecule has 20 heavy (non-hydrogen) atoms. The standard InChI is InChI=1S/C14H19F3N2O/c1-9(10-4-6-19-7-5-10)20-13-3-2-11(8-12(13)18)14(15,16)17/h2-3,8-10,19H,4-7,18H2,1H3. The summed E-state index contributed by atoms with van der Waals surface area (Å²) < 4.78 is 43.4. The number of alkyl halides is 3. The SMILES string of the molecule is CC(Oc1ccc(C(F)(F)F)cc1N)C1CCNCC1. The molecule has 1 heterocycles. The zero-order valence-corrected chi connectivity index (χ0v) is 11.3. The molecule has 0 aromatic heterocycles. The van der Waals surface area contributed by atoms with E-state index in [9.17, 15) is 13.2 Å². The maximum Gasteiger partial charge on any atom is 0.416 e. The molecule has 0 radical (unpaired) electrons. The molecule has 112 valence electrons. The summed E-state index contributed by atoms with van der Waals surface area (Å²) in [6, 6.07) is 3.22. The highest BCUT2D eigenvalue weighted by Crippen LogP contribution is 2.34. The van der Waals surface area contributed by atoms with Gasteiger partial charge in [0.05, 0.1) is 17.4 Å². The maximum atomic E-state index is 12.5. The van der Waals surface area contributed by atoms with E-state index in [1.807, 2.05) is 6.92 Å². The number of piperidine rings is 1. The van der Waals surface area contributed by atoms with E-state index >= 15 is 0 Å². The lowest BCUT2D eigenvalue weighted by atomic mass is 9.93. The zero-order chi connectivity index (χ0) is 14.8. The first-order chi connectivity index (χ1) is 9.38. The number of benzene rings is 1. The van der Waals surface area contributed by atoms with Crippen LogP contribution < -0.4 is 15.8 Å². The Bertz CT molecular complexity index is 456. The van der Waals surface area contributed by atoms with Crippen molar-refractivity contribution in [2.24, 2.45) is 5.92 Å². The van der Waals surface area contributed by atoms with Gasteiger partial charge in [0.25, 0.3) is 0 Å². The third kappa shape index (κ3) is 3.56. The number of nitrogens with two attached hydrogens (primary N) is 1. The molecule has 0 aliphatic carbocycles. The average molecular weight is 288 g/mol. The molecule has 0 amide bonds. The maximum absolute atomic E-state index is 12.5. The summed E-state index contributed by atoms with van der Waals surface area (Å²) in [5.74, 6) is 0.724. The number of hydrogen-bond acceptors (Lipinski definition) is 3. The number of anilines is 1. The highest BCUT2D eigenvalue weighted by atomic mass is 19.4. The van der Waals surface area contributed by atoms with E-state index in [1.165, 1.54) is 6.07 Å². The summed E-state index contributed by atoms with van der Waals surface area (Å²) in [5, 5.41) is 3.26. The van der Waals surface area contributed by atoms with Gasteiger partial charge in [-0.15, -0.1) is 0 Å². The Balaban J connectivity index is 2.05. The van der Waals surface area contributed by atoms with Gasteiger partial charge in [0.2, 0.25) is 0 Å². The first-order valence-corrected chi connectivity index (χ1v) is 6.72. The molecule has 1 aliphatic heterocycles. The smallest absolute Gasteiger partial charge is 0.416 e. The zero-order valence-electron chi connectivity index (χ0n) is 11.3. The second-order valence-electron chi connectivity index (χ2n) is 5.16. The molecule has 0 bridgehead atoms. The van der Waals surface area contributed by atoms with Gasteiger partial charge in [-0.1, -0.05) is 0 Å². The molecule has 0 saturated carbocycles. The molecule has 6 heteroatoms. The van der Waals surface area contributed by atoms with E-state index in [2.05, 4.69) is 5.32 Å². The number of rotatable bonds is 3. The molecule has 1 aromatic carbocycles. The van der Waals surface area contributed by atoms with E-state index in [1.54, 1.807) is 0 Å². The first-order valence-electron chi connectivity index (χ1n) is 6.72. The monoisotopic (exact) mass is 288 g/mol. The Morgan fingerprint density at radius 2 is 1.95 bits per heavy atom. The summed E-state index contributed by atoms with van der Waals surface area (Å²) >= 11 is 0. The molecule has 3 nitrogen and oxygen atoms in total. The Morgan fingerprint density at radius 3 is 2.50 bits per heavy atom. The van der Waals surface area contributed by atoms with Crippen LogP contribution in [0, 0.1) is 5.92 Å². The van der Waals surface area contributed by atoms with Crippen molar-refractivity contribution in [3.63, 3.8) is 0 Å². The minimum Gasteiger partial charge on any atom is -0.488 e. The van der Waals surface area contributed by atoms with Gasteiger partial charge in [-0.3, -0.25) is 0 Å². The minimum absolute atomic E-state index is 0.0283. The van der Waals surface area contributed by atoms with Gasteiger partial charge in [-0.25, -0.2) is 0 Å². The third-order valence-electron chi connectivity index (χ3n) is 3.70. The summed E-state index contributed by atoms with van der Waals surface area (Å²) in [6.07, 6.45) is -2.44. The van der Waals surface area contributed by atoms with E-state index in [0.717, 1.165) is 38.1 Å². The topological polar surface area (TPSA) is 47.3 Å². The quantitative estimate of drug-likeness (QED) is 0.840. The van der Waals surface area contributed by atoms with Gasteiger partial charge in [0.1, 0.15) is 5.75 Å². The van der Waals surface area contributed by atoms with Crippen molar-refractivity contribution >= 4 is 5.69 Å². The molecule has 1 fully saturated rings. The van der Waals surface area contributed by atoms with Gasteiger partial charge in [-0.05, 0) is 57.0 Å². The molecule has 1 aliphatic rings. The van der Waals surface area contributed by atoms with Crippen LogP contribution >= 0.6 is 0 Å². The highest BCUT2D eigenvalue weighted by molar-refractivity contribution is 5.54. The van der Waals surface area contributed by atoms with E-state index in [0.29, 0.717) is 11.7 Å².